The molecular formula is C30H25FN8O3. The van der Waals surface area contributed by atoms with E-state index >= 15 is 0 Å². The van der Waals surface area contributed by atoms with Crippen LogP contribution in [0.4, 0.5) is 21.7 Å². The Morgan fingerprint density at radius 2 is 1.88 bits per heavy atom. The van der Waals surface area contributed by atoms with E-state index in [-0.39, 0.29) is 29.9 Å². The number of fused-ring (bicyclic) bond motifs is 1. The van der Waals surface area contributed by atoms with Gasteiger partial charge in [0.2, 0.25) is 0 Å². The monoisotopic (exact) mass is 564 g/mol. The van der Waals surface area contributed by atoms with Gasteiger partial charge in [-0.25, -0.2) is 19.3 Å². The number of nitrogens with zero attached hydrogens (tertiary/aromatic N) is 5. The van der Waals surface area contributed by atoms with Crippen molar-refractivity contribution in [1.29, 1.82) is 5.26 Å². The number of carbonyl (C=O) groups excluding carboxylic acids is 1. The van der Waals surface area contributed by atoms with Gasteiger partial charge in [0.15, 0.2) is 0 Å². The molecule has 1 atom stereocenters. The normalized spacial score (nSPS) is 11.5. The van der Waals surface area contributed by atoms with Crippen LogP contribution in [0.2, 0.25) is 0 Å². The number of halogens is 1. The third-order valence-corrected chi connectivity index (χ3v) is 6.76. The number of H-pyrrole nitrogens is 1. The van der Waals surface area contributed by atoms with E-state index in [0.717, 1.165) is 11.1 Å². The SMILES string of the molecule is CCN(C(=O)c1cc(C#N)cnc1N[C@H](CC(=O)O)c1ccc(-c2c[nH]c3ncnc(N)c23)cc1)c1ccc(F)cc1. The number of nitrogens with one attached hydrogen (secondary N) is 2. The van der Waals surface area contributed by atoms with Gasteiger partial charge in [-0.2, -0.15) is 5.26 Å². The summed E-state index contributed by atoms with van der Waals surface area (Å²) in [6, 6.07) is 15.3. The van der Waals surface area contributed by atoms with Crippen molar-refractivity contribution in [3.05, 3.63) is 95.8 Å². The van der Waals surface area contributed by atoms with E-state index in [1.807, 2.05) is 18.2 Å². The van der Waals surface area contributed by atoms with Gasteiger partial charge in [0.1, 0.15) is 35.5 Å². The number of carboxylic acid groups (broad SMARTS) is 1. The Bertz CT molecular complexity index is 1810. The quantitative estimate of drug-likeness (QED) is 0.194. The molecule has 5 N–H and O–H groups in total. The summed E-state index contributed by atoms with van der Waals surface area (Å²) in [5.74, 6) is -1.56. The molecule has 0 fully saturated rings. The Hall–Kier alpha value is -5.83. The first-order valence-electron chi connectivity index (χ1n) is 12.9. The summed E-state index contributed by atoms with van der Waals surface area (Å²) in [6.45, 7) is 2.02. The lowest BCUT2D eigenvalue weighted by Crippen LogP contribution is -2.32. The number of nitriles is 1. The van der Waals surface area contributed by atoms with Crippen LogP contribution in [-0.4, -0.2) is 43.5 Å². The zero-order chi connectivity index (χ0) is 29.8. The fraction of sp³-hybridized carbons (Fsp3) is 0.133. The summed E-state index contributed by atoms with van der Waals surface area (Å²) >= 11 is 0. The Morgan fingerprint density at radius 3 is 2.55 bits per heavy atom. The molecule has 11 nitrogen and oxygen atoms in total. The highest BCUT2D eigenvalue weighted by Gasteiger charge is 2.24. The highest BCUT2D eigenvalue weighted by molar-refractivity contribution is 6.09. The third-order valence-electron chi connectivity index (χ3n) is 6.76. The molecule has 5 aromatic rings. The molecule has 1 amide bonds. The van der Waals surface area contributed by atoms with Gasteiger partial charge < -0.3 is 26.0 Å². The van der Waals surface area contributed by atoms with E-state index in [2.05, 4.69) is 25.3 Å². The fourth-order valence-corrected chi connectivity index (χ4v) is 4.72. The number of rotatable bonds is 9. The van der Waals surface area contributed by atoms with Crippen molar-refractivity contribution in [3.8, 4) is 17.2 Å². The molecule has 210 valence electrons. The topological polar surface area (TPSA) is 174 Å². The minimum Gasteiger partial charge on any atom is -0.481 e. The van der Waals surface area contributed by atoms with Crippen molar-refractivity contribution in [3.63, 3.8) is 0 Å². The number of nitrogens with two attached hydrogens (primary N) is 1. The van der Waals surface area contributed by atoms with E-state index in [0.29, 0.717) is 28.1 Å². The summed E-state index contributed by atoms with van der Waals surface area (Å²) in [6.07, 6.45) is 4.13. The number of aliphatic carboxylic acids is 1. The zero-order valence-electron chi connectivity index (χ0n) is 22.4. The van der Waals surface area contributed by atoms with Gasteiger partial charge in [0, 0.05) is 30.2 Å². The maximum absolute atomic E-state index is 13.7. The first-order chi connectivity index (χ1) is 20.3. The number of carboxylic acids is 1. The number of hydrogen-bond donors (Lipinski definition) is 4. The number of amides is 1. The molecule has 0 radical (unpaired) electrons. The van der Waals surface area contributed by atoms with Gasteiger partial charge >= 0.3 is 5.97 Å². The van der Waals surface area contributed by atoms with Crippen LogP contribution < -0.4 is 16.0 Å². The average molecular weight is 565 g/mol. The molecule has 0 saturated carbocycles. The molecule has 2 aromatic carbocycles. The minimum atomic E-state index is -1.07. The third kappa shape index (κ3) is 5.57. The number of pyridine rings is 1. The van der Waals surface area contributed by atoms with Crippen LogP contribution in [0.15, 0.2) is 73.3 Å². The van der Waals surface area contributed by atoms with Crippen molar-refractivity contribution >= 4 is 40.2 Å². The molecule has 42 heavy (non-hydrogen) atoms. The first kappa shape index (κ1) is 27.7. The van der Waals surface area contributed by atoms with E-state index in [1.165, 1.54) is 47.8 Å². The number of nitrogen functional groups attached to an aromatic ring is 1. The predicted molar refractivity (Wildman–Crippen MR) is 155 cm³/mol. The molecule has 5 rings (SSSR count). The molecule has 0 aliphatic heterocycles. The van der Waals surface area contributed by atoms with Gasteiger partial charge in [-0.1, -0.05) is 24.3 Å². The summed E-state index contributed by atoms with van der Waals surface area (Å²) < 4.78 is 13.5. The lowest BCUT2D eigenvalue weighted by atomic mass is 9.98. The van der Waals surface area contributed by atoms with Crippen molar-refractivity contribution in [2.24, 2.45) is 0 Å². The molecular weight excluding hydrogens is 539 g/mol. The van der Waals surface area contributed by atoms with Gasteiger partial charge in [-0.15, -0.1) is 0 Å². The summed E-state index contributed by atoms with van der Waals surface area (Å²) in [4.78, 5) is 42.6. The number of carbonyl (C=O) groups is 2. The zero-order valence-corrected chi connectivity index (χ0v) is 22.4. The smallest absolute Gasteiger partial charge is 0.305 e. The molecule has 3 aromatic heterocycles. The van der Waals surface area contributed by atoms with Crippen LogP contribution in [0.25, 0.3) is 22.2 Å². The second kappa shape index (κ2) is 11.7. The Labute approximate surface area is 239 Å². The number of aromatic nitrogens is 4. The van der Waals surface area contributed by atoms with Crippen molar-refractivity contribution in [2.45, 2.75) is 19.4 Å². The molecule has 0 aliphatic rings. The Kier molecular flexibility index (Phi) is 7.74. The van der Waals surface area contributed by atoms with Gasteiger partial charge in [-0.3, -0.25) is 9.59 Å². The van der Waals surface area contributed by atoms with Crippen LogP contribution in [0, 0.1) is 17.1 Å². The molecule has 0 unspecified atom stereocenters. The van der Waals surface area contributed by atoms with Crippen LogP contribution >= 0.6 is 0 Å². The molecule has 0 spiro atoms. The van der Waals surface area contributed by atoms with E-state index < -0.39 is 23.7 Å². The van der Waals surface area contributed by atoms with Crippen molar-refractivity contribution < 1.29 is 19.1 Å². The number of aromatic amines is 1. The maximum atomic E-state index is 13.7. The van der Waals surface area contributed by atoms with Crippen LogP contribution in [0.1, 0.15) is 40.9 Å². The van der Waals surface area contributed by atoms with Crippen molar-refractivity contribution in [2.75, 3.05) is 22.5 Å². The highest BCUT2D eigenvalue weighted by Crippen LogP contribution is 2.33. The Balaban J connectivity index is 1.49. The minimum absolute atomic E-state index is 0.0708. The molecule has 3 heterocycles. The van der Waals surface area contributed by atoms with Crippen molar-refractivity contribution in [1.82, 2.24) is 19.9 Å². The Morgan fingerprint density at radius 1 is 1.14 bits per heavy atom. The largest absolute Gasteiger partial charge is 0.481 e. The van der Waals surface area contributed by atoms with Gasteiger partial charge in [0.25, 0.3) is 5.91 Å². The molecule has 0 bridgehead atoms. The van der Waals surface area contributed by atoms with Crippen LogP contribution in [0.3, 0.4) is 0 Å². The summed E-state index contributed by atoms with van der Waals surface area (Å²) in [5.41, 5.74) is 9.57. The maximum Gasteiger partial charge on any atom is 0.305 e. The second-order valence-electron chi connectivity index (χ2n) is 9.36. The second-order valence-corrected chi connectivity index (χ2v) is 9.36. The highest BCUT2D eigenvalue weighted by atomic mass is 19.1. The van der Waals surface area contributed by atoms with E-state index in [9.17, 15) is 24.3 Å². The van der Waals surface area contributed by atoms with E-state index in [1.54, 1.807) is 25.3 Å². The number of benzene rings is 2. The van der Waals surface area contributed by atoms with Crippen LogP contribution in [0.5, 0.6) is 0 Å². The number of hydrogen-bond acceptors (Lipinski definition) is 8. The summed E-state index contributed by atoms with van der Waals surface area (Å²) in [5, 5.41) is 22.9. The number of anilines is 3. The molecule has 0 saturated heterocycles. The first-order valence-corrected chi connectivity index (χ1v) is 12.9. The average Bonchev–Trinajstić information content (AvgIpc) is 3.44. The van der Waals surface area contributed by atoms with E-state index in [4.69, 9.17) is 5.73 Å². The lowest BCUT2D eigenvalue weighted by Gasteiger charge is -2.24. The molecule has 0 aliphatic carbocycles. The predicted octanol–water partition coefficient (Wildman–Crippen LogP) is 4.91. The summed E-state index contributed by atoms with van der Waals surface area (Å²) in [7, 11) is 0. The van der Waals surface area contributed by atoms with Gasteiger partial charge in [0.05, 0.1) is 29.0 Å². The lowest BCUT2D eigenvalue weighted by molar-refractivity contribution is -0.137. The fourth-order valence-electron chi connectivity index (χ4n) is 4.72. The van der Waals surface area contributed by atoms with Gasteiger partial charge in [-0.05, 0) is 48.4 Å². The molecule has 12 heteroatoms. The van der Waals surface area contributed by atoms with Crippen LogP contribution in [-0.2, 0) is 4.79 Å². The standard InChI is InChI=1S/C30H25FN8O3/c1-2-39(21-9-7-20(31)8-10-21)30(42)22-11-17(13-32)14-34-28(22)38-24(12-25(40)41)19-5-3-18(4-6-19)23-15-35-29-26(23)27(33)36-16-37-29/h3-11,14-16,24H,2,12H2,1H3,(H,34,38)(H,40,41)(H3,33,35,36,37)/t24-/m1/s1.